The highest BCUT2D eigenvalue weighted by Gasteiger charge is 2.73. The molecular formula is C29H25F3N4O5. The van der Waals surface area contributed by atoms with Crippen molar-refractivity contribution < 1.29 is 37.3 Å². The normalized spacial score (nSPS) is 27.1. The number of ether oxygens (including phenoxy) is 3. The molecule has 41 heavy (non-hydrogen) atoms. The summed E-state index contributed by atoms with van der Waals surface area (Å²) < 4.78 is 59.0. The number of carboxylic acid groups (broad SMARTS) is 1. The van der Waals surface area contributed by atoms with E-state index >= 15 is 0 Å². The van der Waals surface area contributed by atoms with Crippen LogP contribution in [0.15, 0.2) is 36.4 Å². The lowest BCUT2D eigenvalue weighted by Gasteiger charge is -2.67. The zero-order chi connectivity index (χ0) is 28.7. The fourth-order valence-corrected chi connectivity index (χ4v) is 6.70. The molecule has 0 radical (unpaired) electrons. The highest BCUT2D eigenvalue weighted by molar-refractivity contribution is 5.80. The number of alkyl halides is 2. The molecule has 0 spiro atoms. The second kappa shape index (κ2) is 8.63. The van der Waals surface area contributed by atoms with Gasteiger partial charge in [0.25, 0.3) is 0 Å². The van der Waals surface area contributed by atoms with Gasteiger partial charge in [0.1, 0.15) is 18.0 Å². The summed E-state index contributed by atoms with van der Waals surface area (Å²) in [5.41, 5.74) is 1.87. The molecule has 2 aromatic carbocycles. The number of anilines is 1. The van der Waals surface area contributed by atoms with Gasteiger partial charge in [-0.3, -0.25) is 4.79 Å². The predicted molar refractivity (Wildman–Crippen MR) is 136 cm³/mol. The molecule has 8 rings (SSSR count). The third-order valence-electron chi connectivity index (χ3n) is 8.65. The number of nitriles is 1. The number of nitrogens with one attached hydrogen (secondary N) is 1. The average Bonchev–Trinajstić information content (AvgIpc) is 3.42. The van der Waals surface area contributed by atoms with Gasteiger partial charge in [0.15, 0.2) is 17.2 Å². The Bertz CT molecular complexity index is 1630. The first-order chi connectivity index (χ1) is 19.5. The zero-order valence-electron chi connectivity index (χ0n) is 21.9. The van der Waals surface area contributed by atoms with Crippen LogP contribution >= 0.6 is 0 Å². The first-order valence-electron chi connectivity index (χ1n) is 13.4. The fraction of sp³-hybridized carbons (Fsp3) is 0.414. The van der Waals surface area contributed by atoms with Crippen molar-refractivity contribution in [3.05, 3.63) is 64.7 Å². The number of halogens is 3. The number of rotatable bonds is 7. The quantitative estimate of drug-likeness (QED) is 0.370. The summed E-state index contributed by atoms with van der Waals surface area (Å²) in [4.78, 5) is 11.6. The summed E-state index contributed by atoms with van der Waals surface area (Å²) in [6, 6.07) is 10.5. The minimum atomic E-state index is -3.74. The molecule has 4 aliphatic carbocycles. The van der Waals surface area contributed by atoms with E-state index in [0.29, 0.717) is 43.4 Å². The Morgan fingerprint density at radius 2 is 1.98 bits per heavy atom. The van der Waals surface area contributed by atoms with Crippen LogP contribution in [0.3, 0.4) is 0 Å². The van der Waals surface area contributed by atoms with E-state index in [-0.39, 0.29) is 29.0 Å². The SMILES string of the molecule is C[C@H](Nc1cc(-n2nc(C#N)c3c2[C@H](OC24CC(C(=O)O)(C2)C4)CCC3)ccc1F)c1ccc2c(c1)OC(F)(F)O2. The summed E-state index contributed by atoms with van der Waals surface area (Å²) in [6.45, 7) is 1.75. The minimum absolute atomic E-state index is 0.0790. The van der Waals surface area contributed by atoms with Crippen molar-refractivity contribution in [2.75, 3.05) is 5.32 Å². The van der Waals surface area contributed by atoms with Gasteiger partial charge in [-0.05, 0) is 81.3 Å². The summed E-state index contributed by atoms with van der Waals surface area (Å²) in [7, 11) is 0. The van der Waals surface area contributed by atoms with E-state index in [1.54, 1.807) is 29.8 Å². The van der Waals surface area contributed by atoms with Crippen molar-refractivity contribution in [1.29, 1.82) is 5.26 Å². The standard InChI is InChI=1S/C29H25F3N4O5/c1-15(16-5-8-22-24(9-16)41-29(31,32)40-22)34-20-10-17(6-7-19(20)30)36-25-18(21(11-33)35-36)3-2-4-23(25)39-28-12-27(13-28,14-28)26(37)38/h5-10,15,23,34H,2-4,12-14H2,1H3,(H,37,38)/t15-,23+,27?,28?/m0/s1. The van der Waals surface area contributed by atoms with Gasteiger partial charge in [0.2, 0.25) is 0 Å². The molecule has 2 N–H and O–H groups in total. The van der Waals surface area contributed by atoms with E-state index in [1.807, 2.05) is 0 Å². The molecule has 2 bridgehead atoms. The maximum Gasteiger partial charge on any atom is 0.586 e. The lowest BCUT2D eigenvalue weighted by Crippen LogP contribution is -2.71. The van der Waals surface area contributed by atoms with E-state index < -0.39 is 35.1 Å². The molecule has 0 amide bonds. The fourth-order valence-electron chi connectivity index (χ4n) is 6.70. The number of benzene rings is 2. The summed E-state index contributed by atoms with van der Waals surface area (Å²) >= 11 is 0. The van der Waals surface area contributed by atoms with Gasteiger partial charge in [-0.15, -0.1) is 8.78 Å². The lowest BCUT2D eigenvalue weighted by molar-refractivity contribution is -0.300. The predicted octanol–water partition coefficient (Wildman–Crippen LogP) is 5.78. The summed E-state index contributed by atoms with van der Waals surface area (Å²) in [6.07, 6.45) is -0.558. The van der Waals surface area contributed by atoms with Crippen LogP contribution in [0, 0.1) is 22.6 Å². The van der Waals surface area contributed by atoms with Crippen molar-refractivity contribution in [3.8, 4) is 23.3 Å². The van der Waals surface area contributed by atoms with Crippen LogP contribution in [0.1, 0.15) is 73.7 Å². The van der Waals surface area contributed by atoms with Gasteiger partial charge in [-0.1, -0.05) is 6.07 Å². The number of fused-ring (bicyclic) bond motifs is 2. The van der Waals surface area contributed by atoms with Gasteiger partial charge in [-0.25, -0.2) is 9.07 Å². The summed E-state index contributed by atoms with van der Waals surface area (Å²) in [5, 5.41) is 26.9. The lowest BCUT2D eigenvalue weighted by atomic mass is 9.41. The molecule has 212 valence electrons. The topological polar surface area (TPSA) is 119 Å². The molecule has 2 heterocycles. The smallest absolute Gasteiger partial charge is 0.481 e. The van der Waals surface area contributed by atoms with Crippen LogP contribution in [-0.4, -0.2) is 32.8 Å². The van der Waals surface area contributed by atoms with Crippen LogP contribution in [0.5, 0.6) is 11.5 Å². The van der Waals surface area contributed by atoms with Crippen LogP contribution < -0.4 is 14.8 Å². The second-order valence-corrected chi connectivity index (χ2v) is 11.4. The Balaban J connectivity index is 1.17. The number of carbonyl (C=O) groups is 1. The Morgan fingerprint density at radius 3 is 2.71 bits per heavy atom. The maximum atomic E-state index is 15.0. The third-order valence-corrected chi connectivity index (χ3v) is 8.65. The zero-order valence-corrected chi connectivity index (χ0v) is 21.9. The van der Waals surface area contributed by atoms with E-state index in [1.165, 1.54) is 18.2 Å². The number of carboxylic acids is 1. The molecule has 1 aliphatic heterocycles. The van der Waals surface area contributed by atoms with Crippen molar-refractivity contribution in [2.24, 2.45) is 5.41 Å². The number of hydrogen-bond donors (Lipinski definition) is 2. The van der Waals surface area contributed by atoms with E-state index in [2.05, 4.69) is 26.0 Å². The molecule has 0 saturated heterocycles. The van der Waals surface area contributed by atoms with Crippen LogP contribution in [0.4, 0.5) is 18.9 Å². The van der Waals surface area contributed by atoms with Crippen molar-refractivity contribution in [3.63, 3.8) is 0 Å². The van der Waals surface area contributed by atoms with Crippen LogP contribution in [0.25, 0.3) is 5.69 Å². The third kappa shape index (κ3) is 4.01. The Labute approximate surface area is 232 Å². The molecule has 5 aliphatic rings. The van der Waals surface area contributed by atoms with E-state index in [0.717, 1.165) is 17.7 Å². The highest BCUT2D eigenvalue weighted by Crippen LogP contribution is 2.70. The van der Waals surface area contributed by atoms with Gasteiger partial charge in [0.05, 0.1) is 28.1 Å². The Morgan fingerprint density at radius 1 is 1.22 bits per heavy atom. The first-order valence-corrected chi connectivity index (χ1v) is 13.4. The van der Waals surface area contributed by atoms with E-state index in [9.17, 15) is 28.3 Å². The van der Waals surface area contributed by atoms with Gasteiger partial charge < -0.3 is 24.6 Å². The van der Waals surface area contributed by atoms with Gasteiger partial charge >= 0.3 is 12.3 Å². The van der Waals surface area contributed by atoms with Crippen LogP contribution in [-0.2, 0) is 16.0 Å². The molecule has 3 aromatic rings. The number of aliphatic carboxylic acids is 1. The van der Waals surface area contributed by atoms with Crippen molar-refractivity contribution >= 4 is 11.7 Å². The maximum absolute atomic E-state index is 15.0. The highest BCUT2D eigenvalue weighted by atomic mass is 19.3. The van der Waals surface area contributed by atoms with Crippen molar-refractivity contribution in [2.45, 2.75) is 69.5 Å². The summed E-state index contributed by atoms with van der Waals surface area (Å²) in [5.74, 6) is -1.50. The molecule has 3 fully saturated rings. The largest absolute Gasteiger partial charge is 0.586 e. The molecule has 0 unspecified atom stereocenters. The average molecular weight is 567 g/mol. The molecule has 1 aromatic heterocycles. The number of nitrogens with zero attached hydrogens (tertiary/aromatic N) is 3. The molecule has 2 atom stereocenters. The molecular weight excluding hydrogens is 541 g/mol. The molecule has 12 heteroatoms. The Kier molecular flexibility index (Phi) is 5.41. The molecule has 9 nitrogen and oxygen atoms in total. The number of aromatic nitrogens is 2. The van der Waals surface area contributed by atoms with Crippen molar-refractivity contribution in [1.82, 2.24) is 9.78 Å². The minimum Gasteiger partial charge on any atom is -0.481 e. The van der Waals surface area contributed by atoms with E-state index in [4.69, 9.17) is 4.74 Å². The first kappa shape index (κ1) is 25.7. The van der Waals surface area contributed by atoms with Gasteiger partial charge in [0, 0.05) is 11.6 Å². The van der Waals surface area contributed by atoms with Gasteiger partial charge in [-0.2, -0.15) is 10.4 Å². The Hall–Kier alpha value is -4.24. The molecule has 3 saturated carbocycles. The monoisotopic (exact) mass is 566 g/mol. The van der Waals surface area contributed by atoms with Crippen LogP contribution in [0.2, 0.25) is 0 Å². The number of hydrogen-bond acceptors (Lipinski definition) is 7. The second-order valence-electron chi connectivity index (χ2n) is 11.4.